The van der Waals surface area contributed by atoms with Crippen molar-refractivity contribution in [2.24, 2.45) is 0 Å². The van der Waals surface area contributed by atoms with Crippen molar-refractivity contribution in [3.05, 3.63) is 53.2 Å². The molecular weight excluding hydrogens is 338 g/mol. The first-order valence-corrected chi connectivity index (χ1v) is 8.95. The standard InChI is InChI=1S/C19H22ClN3O2/c20-16-8-2-3-9-17(16)25-14-18(24)22-13-15-7-6-10-21-19(15)23-11-4-1-5-12-23/h2-3,6-10H,1,4-5,11-14H2,(H,22,24). The van der Waals surface area contributed by atoms with Gasteiger partial charge in [-0.3, -0.25) is 4.79 Å². The molecule has 1 aromatic heterocycles. The van der Waals surface area contributed by atoms with Gasteiger partial charge in [0, 0.05) is 31.4 Å². The number of anilines is 1. The lowest BCUT2D eigenvalue weighted by Gasteiger charge is -2.29. The number of carbonyl (C=O) groups is 1. The van der Waals surface area contributed by atoms with Crippen LogP contribution in [0.15, 0.2) is 42.6 Å². The van der Waals surface area contributed by atoms with Crippen molar-refractivity contribution in [1.82, 2.24) is 10.3 Å². The topological polar surface area (TPSA) is 54.5 Å². The highest BCUT2D eigenvalue weighted by molar-refractivity contribution is 6.32. The zero-order chi connectivity index (χ0) is 17.5. The van der Waals surface area contributed by atoms with Gasteiger partial charge in [-0.15, -0.1) is 0 Å². The lowest BCUT2D eigenvalue weighted by Crippen LogP contribution is -2.33. The van der Waals surface area contributed by atoms with Crippen LogP contribution in [0.5, 0.6) is 5.75 Å². The largest absolute Gasteiger partial charge is 0.482 e. The molecule has 6 heteroatoms. The lowest BCUT2D eigenvalue weighted by atomic mass is 10.1. The van der Waals surface area contributed by atoms with Crippen molar-refractivity contribution in [2.45, 2.75) is 25.8 Å². The minimum atomic E-state index is -0.187. The van der Waals surface area contributed by atoms with Crippen molar-refractivity contribution in [1.29, 1.82) is 0 Å². The second-order valence-corrected chi connectivity index (χ2v) is 6.44. The summed E-state index contributed by atoms with van der Waals surface area (Å²) >= 11 is 6.02. The molecule has 0 spiro atoms. The number of rotatable bonds is 6. The quantitative estimate of drug-likeness (QED) is 0.858. The van der Waals surface area contributed by atoms with Crippen molar-refractivity contribution in [3.8, 4) is 5.75 Å². The number of halogens is 1. The van der Waals surface area contributed by atoms with E-state index in [1.807, 2.05) is 24.3 Å². The maximum Gasteiger partial charge on any atom is 0.258 e. The molecule has 1 saturated heterocycles. The third-order valence-corrected chi connectivity index (χ3v) is 4.51. The second-order valence-electron chi connectivity index (χ2n) is 6.03. The van der Waals surface area contributed by atoms with Crippen LogP contribution in [0.2, 0.25) is 5.02 Å². The Hall–Kier alpha value is -2.27. The van der Waals surface area contributed by atoms with Crippen molar-refractivity contribution in [3.63, 3.8) is 0 Å². The van der Waals surface area contributed by atoms with E-state index in [9.17, 15) is 4.79 Å². The number of nitrogens with zero attached hydrogens (tertiary/aromatic N) is 2. The third-order valence-electron chi connectivity index (χ3n) is 4.19. The summed E-state index contributed by atoms with van der Waals surface area (Å²) in [5.41, 5.74) is 1.02. The summed E-state index contributed by atoms with van der Waals surface area (Å²) in [5, 5.41) is 3.39. The van der Waals surface area contributed by atoms with Gasteiger partial charge in [0.05, 0.1) is 5.02 Å². The van der Waals surface area contributed by atoms with Crippen LogP contribution in [-0.2, 0) is 11.3 Å². The van der Waals surface area contributed by atoms with Gasteiger partial charge in [0.15, 0.2) is 6.61 Å². The van der Waals surface area contributed by atoms with Gasteiger partial charge in [-0.1, -0.05) is 29.8 Å². The Morgan fingerprint density at radius 3 is 2.76 bits per heavy atom. The molecule has 1 amide bonds. The molecule has 1 aliphatic rings. The highest BCUT2D eigenvalue weighted by Gasteiger charge is 2.16. The fourth-order valence-electron chi connectivity index (χ4n) is 2.91. The summed E-state index contributed by atoms with van der Waals surface area (Å²) in [6, 6.07) is 11.0. The number of amides is 1. The predicted molar refractivity (Wildman–Crippen MR) is 99.1 cm³/mol. The van der Waals surface area contributed by atoms with E-state index in [0.29, 0.717) is 17.3 Å². The second kappa shape index (κ2) is 8.72. The number of piperidine rings is 1. The van der Waals surface area contributed by atoms with Crippen LogP contribution < -0.4 is 15.0 Å². The number of hydrogen-bond acceptors (Lipinski definition) is 4. The van der Waals surface area contributed by atoms with E-state index in [-0.39, 0.29) is 12.5 Å². The Morgan fingerprint density at radius 2 is 1.96 bits per heavy atom. The van der Waals surface area contributed by atoms with Gasteiger partial charge in [-0.2, -0.15) is 0 Å². The average molecular weight is 360 g/mol. The average Bonchev–Trinajstić information content (AvgIpc) is 2.66. The molecule has 0 radical (unpaired) electrons. The molecule has 0 bridgehead atoms. The molecule has 0 aliphatic carbocycles. The van der Waals surface area contributed by atoms with Crippen molar-refractivity contribution >= 4 is 23.3 Å². The van der Waals surface area contributed by atoms with Gasteiger partial charge >= 0.3 is 0 Å². The Balaban J connectivity index is 1.54. The van der Waals surface area contributed by atoms with Crippen LogP contribution in [0.3, 0.4) is 0 Å². The molecule has 2 heterocycles. The van der Waals surface area contributed by atoms with E-state index >= 15 is 0 Å². The van der Waals surface area contributed by atoms with E-state index in [1.165, 1.54) is 19.3 Å². The van der Waals surface area contributed by atoms with Crippen LogP contribution in [0.25, 0.3) is 0 Å². The Morgan fingerprint density at radius 1 is 1.16 bits per heavy atom. The predicted octanol–water partition coefficient (Wildman–Crippen LogP) is 3.42. The number of benzene rings is 1. The SMILES string of the molecule is O=C(COc1ccccc1Cl)NCc1cccnc1N1CCCCC1. The van der Waals surface area contributed by atoms with Crippen LogP contribution in [0.4, 0.5) is 5.82 Å². The maximum absolute atomic E-state index is 12.1. The smallest absolute Gasteiger partial charge is 0.258 e. The zero-order valence-electron chi connectivity index (χ0n) is 14.1. The molecule has 1 aliphatic heterocycles. The summed E-state index contributed by atoms with van der Waals surface area (Å²) in [4.78, 5) is 18.9. The van der Waals surface area contributed by atoms with E-state index < -0.39 is 0 Å². The zero-order valence-corrected chi connectivity index (χ0v) is 14.8. The maximum atomic E-state index is 12.1. The van der Waals surface area contributed by atoms with E-state index in [1.54, 1.807) is 18.3 Å². The number of ether oxygens (including phenoxy) is 1. The van der Waals surface area contributed by atoms with E-state index in [2.05, 4.69) is 15.2 Å². The fraction of sp³-hybridized carbons (Fsp3) is 0.368. The summed E-state index contributed by atoms with van der Waals surface area (Å²) in [6.07, 6.45) is 5.45. The molecular formula is C19H22ClN3O2. The Kier molecular flexibility index (Phi) is 6.12. The monoisotopic (exact) mass is 359 g/mol. The first-order valence-electron chi connectivity index (χ1n) is 8.57. The number of para-hydroxylation sites is 1. The number of carbonyl (C=O) groups excluding carboxylic acids is 1. The number of pyridine rings is 1. The molecule has 0 unspecified atom stereocenters. The van der Waals surface area contributed by atoms with Gasteiger partial charge in [-0.25, -0.2) is 4.98 Å². The molecule has 0 saturated carbocycles. The first kappa shape index (κ1) is 17.5. The van der Waals surface area contributed by atoms with Gasteiger partial charge in [0.2, 0.25) is 0 Å². The summed E-state index contributed by atoms with van der Waals surface area (Å²) in [5.74, 6) is 1.29. The number of nitrogens with one attached hydrogen (secondary N) is 1. The van der Waals surface area contributed by atoms with Gasteiger partial charge in [0.25, 0.3) is 5.91 Å². The molecule has 25 heavy (non-hydrogen) atoms. The van der Waals surface area contributed by atoms with Crippen molar-refractivity contribution in [2.75, 3.05) is 24.6 Å². The number of hydrogen-bond donors (Lipinski definition) is 1. The molecule has 5 nitrogen and oxygen atoms in total. The summed E-state index contributed by atoms with van der Waals surface area (Å²) in [6.45, 7) is 2.41. The van der Waals surface area contributed by atoms with Crippen molar-refractivity contribution < 1.29 is 9.53 Å². The number of aromatic nitrogens is 1. The fourth-order valence-corrected chi connectivity index (χ4v) is 3.10. The van der Waals surface area contributed by atoms with E-state index in [0.717, 1.165) is 24.5 Å². The third kappa shape index (κ3) is 4.86. The normalized spacial score (nSPS) is 14.2. The van der Waals surface area contributed by atoms with Gasteiger partial charge in [-0.05, 0) is 37.5 Å². The Bertz CT molecular complexity index is 717. The lowest BCUT2D eigenvalue weighted by molar-refractivity contribution is -0.123. The van der Waals surface area contributed by atoms with Crippen LogP contribution in [-0.4, -0.2) is 30.6 Å². The molecule has 1 fully saturated rings. The molecule has 2 aromatic rings. The highest BCUT2D eigenvalue weighted by Crippen LogP contribution is 2.23. The molecule has 3 rings (SSSR count). The van der Waals surface area contributed by atoms with Crippen LogP contribution >= 0.6 is 11.6 Å². The van der Waals surface area contributed by atoms with Gasteiger partial charge in [0.1, 0.15) is 11.6 Å². The molecule has 1 aromatic carbocycles. The molecule has 132 valence electrons. The first-order chi connectivity index (χ1) is 12.2. The molecule has 0 atom stereocenters. The highest BCUT2D eigenvalue weighted by atomic mass is 35.5. The van der Waals surface area contributed by atoms with Crippen LogP contribution in [0.1, 0.15) is 24.8 Å². The molecule has 1 N–H and O–H groups in total. The summed E-state index contributed by atoms with van der Waals surface area (Å²) in [7, 11) is 0. The van der Waals surface area contributed by atoms with Gasteiger partial charge < -0.3 is 15.0 Å². The Labute approximate surface area is 153 Å². The van der Waals surface area contributed by atoms with E-state index in [4.69, 9.17) is 16.3 Å². The minimum absolute atomic E-state index is 0.0664. The van der Waals surface area contributed by atoms with Crippen LogP contribution in [0, 0.1) is 0 Å². The summed E-state index contributed by atoms with van der Waals surface area (Å²) < 4.78 is 5.46. The minimum Gasteiger partial charge on any atom is -0.482 e.